The maximum Gasteiger partial charge on any atom is 0.261 e. The van der Waals surface area contributed by atoms with Crippen LogP contribution >= 0.6 is 0 Å². The smallest absolute Gasteiger partial charge is 0.261 e. The molecule has 11 heteroatoms. The molecule has 3 heterocycles. The van der Waals surface area contributed by atoms with Gasteiger partial charge in [0.05, 0.1) is 23.3 Å². The summed E-state index contributed by atoms with van der Waals surface area (Å²) >= 11 is 0. The van der Waals surface area contributed by atoms with Crippen molar-refractivity contribution in [2.75, 3.05) is 6.26 Å². The average molecular weight is 489 g/mol. The lowest BCUT2D eigenvalue weighted by Crippen LogP contribution is -2.13. The Morgan fingerprint density at radius 2 is 1.71 bits per heavy atom. The Hall–Kier alpha value is -3.18. The third-order valence-corrected chi connectivity index (χ3v) is 4.69. The standard InChI is InChI=1S/C22H25FN6.CH4O3S/c1-13(2)12-29-20-17(27-28-29)11-10-16(24-20)19-18(14-6-8-15(23)9-7-14)25-21(26-19)22(3,4)5;1-5(2,3)4/h6-11,13H,12H2,1-5H3,(H,25,26);1H3,(H,2,3,4). The molecule has 0 unspecified atom stereocenters. The number of nitrogens with one attached hydrogen (secondary N) is 1. The molecule has 0 saturated heterocycles. The van der Waals surface area contributed by atoms with Crippen molar-refractivity contribution in [3.05, 3.63) is 48.0 Å². The number of benzene rings is 1. The molecule has 3 aromatic heterocycles. The van der Waals surface area contributed by atoms with E-state index >= 15 is 0 Å². The molecule has 4 rings (SSSR count). The Kier molecular flexibility index (Phi) is 7.18. The first kappa shape index (κ1) is 25.4. The SMILES string of the molecule is CC(C)Cn1nnc2ccc(-c3[nH]c(C(C)(C)C)nc3-c3ccc(F)cc3)nc21.CS(=O)(=O)O. The second kappa shape index (κ2) is 9.59. The third kappa shape index (κ3) is 6.45. The molecule has 2 N–H and O–H groups in total. The van der Waals surface area contributed by atoms with Crippen LogP contribution in [-0.2, 0) is 22.1 Å². The summed E-state index contributed by atoms with van der Waals surface area (Å²) < 4.78 is 41.2. The van der Waals surface area contributed by atoms with Gasteiger partial charge >= 0.3 is 0 Å². The van der Waals surface area contributed by atoms with Crippen molar-refractivity contribution in [3.8, 4) is 22.6 Å². The van der Waals surface area contributed by atoms with Crippen LogP contribution in [0.25, 0.3) is 33.8 Å². The van der Waals surface area contributed by atoms with Gasteiger partial charge in [0.15, 0.2) is 5.65 Å². The van der Waals surface area contributed by atoms with Crippen molar-refractivity contribution in [2.45, 2.75) is 46.6 Å². The van der Waals surface area contributed by atoms with E-state index in [-0.39, 0.29) is 11.2 Å². The zero-order valence-corrected chi connectivity index (χ0v) is 20.9. The lowest BCUT2D eigenvalue weighted by molar-refractivity contribution is 0.480. The second-order valence-corrected chi connectivity index (χ2v) is 11.0. The Morgan fingerprint density at radius 1 is 1.09 bits per heavy atom. The number of pyridine rings is 1. The van der Waals surface area contributed by atoms with Gasteiger partial charge in [-0.05, 0) is 42.3 Å². The van der Waals surface area contributed by atoms with Crippen molar-refractivity contribution in [1.29, 1.82) is 0 Å². The zero-order valence-electron chi connectivity index (χ0n) is 20.0. The van der Waals surface area contributed by atoms with Crippen LogP contribution < -0.4 is 0 Å². The van der Waals surface area contributed by atoms with E-state index in [9.17, 15) is 12.8 Å². The topological polar surface area (TPSA) is 127 Å². The Morgan fingerprint density at radius 3 is 2.26 bits per heavy atom. The van der Waals surface area contributed by atoms with E-state index in [0.29, 0.717) is 12.2 Å². The van der Waals surface area contributed by atoms with Gasteiger partial charge in [-0.1, -0.05) is 39.8 Å². The lowest BCUT2D eigenvalue weighted by Gasteiger charge is -2.14. The van der Waals surface area contributed by atoms with Gasteiger partial charge in [0, 0.05) is 17.5 Å². The number of hydrogen-bond acceptors (Lipinski definition) is 6. The molecule has 0 aliphatic carbocycles. The highest BCUT2D eigenvalue weighted by atomic mass is 32.2. The number of aromatic nitrogens is 6. The summed E-state index contributed by atoms with van der Waals surface area (Å²) in [5.41, 5.74) is 4.49. The molecule has 0 amide bonds. The van der Waals surface area contributed by atoms with Crippen LogP contribution in [0.3, 0.4) is 0 Å². The van der Waals surface area contributed by atoms with Crippen LogP contribution in [0.2, 0.25) is 0 Å². The number of imidazole rings is 1. The lowest BCUT2D eigenvalue weighted by atomic mass is 9.96. The molecule has 0 bridgehead atoms. The summed E-state index contributed by atoms with van der Waals surface area (Å²) in [5.74, 6) is 1.01. The van der Waals surface area contributed by atoms with Crippen molar-refractivity contribution in [1.82, 2.24) is 29.9 Å². The zero-order chi connectivity index (χ0) is 25.3. The van der Waals surface area contributed by atoms with Crippen LogP contribution in [0.1, 0.15) is 40.4 Å². The van der Waals surface area contributed by atoms with Crippen LogP contribution in [0.4, 0.5) is 4.39 Å². The molecule has 0 fully saturated rings. The minimum Gasteiger partial charge on any atom is -0.340 e. The molecule has 182 valence electrons. The summed E-state index contributed by atoms with van der Waals surface area (Å²) in [6.07, 6.45) is 0.715. The minimum atomic E-state index is -3.67. The molecule has 0 aliphatic rings. The van der Waals surface area contributed by atoms with Crippen LogP contribution in [0.5, 0.6) is 0 Å². The monoisotopic (exact) mass is 488 g/mol. The van der Waals surface area contributed by atoms with Gasteiger partial charge in [-0.3, -0.25) is 4.55 Å². The molecule has 0 atom stereocenters. The Labute approximate surface area is 198 Å². The fourth-order valence-electron chi connectivity index (χ4n) is 3.19. The van der Waals surface area contributed by atoms with E-state index in [0.717, 1.165) is 46.2 Å². The van der Waals surface area contributed by atoms with Crippen LogP contribution in [-0.4, -0.2) is 49.2 Å². The number of halogens is 1. The van der Waals surface area contributed by atoms with Gasteiger partial charge < -0.3 is 4.98 Å². The van der Waals surface area contributed by atoms with Gasteiger partial charge in [-0.15, -0.1) is 5.10 Å². The van der Waals surface area contributed by atoms with Gasteiger partial charge in [0.25, 0.3) is 10.1 Å². The number of H-pyrrole nitrogens is 1. The molecule has 1 aromatic carbocycles. The van der Waals surface area contributed by atoms with E-state index < -0.39 is 10.1 Å². The second-order valence-electron chi connectivity index (χ2n) is 9.50. The van der Waals surface area contributed by atoms with Gasteiger partial charge in [-0.25, -0.2) is 19.0 Å². The maximum atomic E-state index is 13.5. The summed E-state index contributed by atoms with van der Waals surface area (Å²) in [4.78, 5) is 13.1. The molecule has 34 heavy (non-hydrogen) atoms. The number of hydrogen-bond donors (Lipinski definition) is 2. The number of nitrogens with zero attached hydrogens (tertiary/aromatic N) is 5. The highest BCUT2D eigenvalue weighted by molar-refractivity contribution is 7.85. The first-order chi connectivity index (χ1) is 15.7. The largest absolute Gasteiger partial charge is 0.340 e. The molecule has 0 radical (unpaired) electrons. The molecule has 4 aromatic rings. The Bertz CT molecular complexity index is 1380. The van der Waals surface area contributed by atoms with Crippen molar-refractivity contribution in [2.24, 2.45) is 5.92 Å². The summed E-state index contributed by atoms with van der Waals surface area (Å²) in [6.45, 7) is 11.3. The molecular formula is C23H29FN6O3S. The van der Waals surface area contributed by atoms with Gasteiger partial charge in [-0.2, -0.15) is 8.42 Å². The molecule has 0 spiro atoms. The molecule has 0 saturated carbocycles. The number of aromatic amines is 1. The Balaban J connectivity index is 0.000000588. The highest BCUT2D eigenvalue weighted by Crippen LogP contribution is 2.33. The van der Waals surface area contributed by atoms with Crippen LogP contribution in [0, 0.1) is 11.7 Å². The van der Waals surface area contributed by atoms with E-state index in [1.807, 2.05) is 16.8 Å². The number of rotatable bonds is 4. The first-order valence-corrected chi connectivity index (χ1v) is 12.6. The van der Waals surface area contributed by atoms with Crippen molar-refractivity contribution < 1.29 is 17.4 Å². The summed E-state index contributed by atoms with van der Waals surface area (Å²) in [7, 11) is -3.67. The third-order valence-electron chi connectivity index (χ3n) is 4.69. The quantitative estimate of drug-likeness (QED) is 0.406. The first-order valence-electron chi connectivity index (χ1n) is 10.7. The number of fused-ring (bicyclic) bond motifs is 1. The van der Waals surface area contributed by atoms with E-state index in [4.69, 9.17) is 14.5 Å². The molecule has 0 aliphatic heterocycles. The summed E-state index contributed by atoms with van der Waals surface area (Å²) in [5, 5.41) is 8.47. The average Bonchev–Trinajstić information content (AvgIpc) is 3.31. The molecular weight excluding hydrogens is 459 g/mol. The highest BCUT2D eigenvalue weighted by Gasteiger charge is 2.23. The van der Waals surface area contributed by atoms with Gasteiger partial charge in [0.2, 0.25) is 0 Å². The van der Waals surface area contributed by atoms with Crippen molar-refractivity contribution in [3.63, 3.8) is 0 Å². The van der Waals surface area contributed by atoms with Crippen molar-refractivity contribution >= 4 is 21.3 Å². The predicted octanol–water partition coefficient (Wildman–Crippen LogP) is 4.48. The maximum absolute atomic E-state index is 13.5. The minimum absolute atomic E-state index is 0.169. The predicted molar refractivity (Wildman–Crippen MR) is 129 cm³/mol. The fourth-order valence-corrected chi connectivity index (χ4v) is 3.19. The van der Waals surface area contributed by atoms with E-state index in [1.54, 1.807) is 12.1 Å². The molecule has 9 nitrogen and oxygen atoms in total. The van der Waals surface area contributed by atoms with E-state index in [1.165, 1.54) is 12.1 Å². The fraction of sp³-hybridized carbons (Fsp3) is 0.391. The van der Waals surface area contributed by atoms with E-state index in [2.05, 4.69) is 49.9 Å². The summed E-state index contributed by atoms with van der Waals surface area (Å²) in [6, 6.07) is 10.2. The normalized spacial score (nSPS) is 12.1. The van der Waals surface area contributed by atoms with Crippen LogP contribution in [0.15, 0.2) is 36.4 Å². The van der Waals surface area contributed by atoms with Gasteiger partial charge in [0.1, 0.15) is 17.2 Å².